The van der Waals surface area contributed by atoms with Crippen LogP contribution in [0.25, 0.3) is 76.9 Å². The average molecular weight is 628 g/mol. The number of anilines is 3. The molecule has 49 heavy (non-hydrogen) atoms. The Morgan fingerprint density at radius 1 is 0.327 bits per heavy atom. The van der Waals surface area contributed by atoms with E-state index in [4.69, 9.17) is 8.83 Å². The second-order valence-corrected chi connectivity index (χ2v) is 12.5. The van der Waals surface area contributed by atoms with E-state index in [1.165, 1.54) is 10.8 Å². The Morgan fingerprint density at radius 3 is 1.73 bits per heavy atom. The molecule has 0 saturated heterocycles. The molecule has 0 fully saturated rings. The van der Waals surface area contributed by atoms with Crippen LogP contribution in [-0.4, -0.2) is 0 Å². The van der Waals surface area contributed by atoms with E-state index >= 15 is 0 Å². The number of rotatable bonds is 5. The fourth-order valence-corrected chi connectivity index (χ4v) is 7.33. The fourth-order valence-electron chi connectivity index (χ4n) is 7.33. The highest BCUT2D eigenvalue weighted by atomic mass is 16.3. The Balaban J connectivity index is 1.13. The number of nitrogens with zero attached hydrogens (tertiary/aromatic N) is 1. The Labute approximate surface area is 282 Å². The van der Waals surface area contributed by atoms with Crippen molar-refractivity contribution in [2.24, 2.45) is 0 Å². The summed E-state index contributed by atoms with van der Waals surface area (Å²) in [6.07, 6.45) is 0. The van der Waals surface area contributed by atoms with E-state index in [0.29, 0.717) is 0 Å². The number of furan rings is 2. The van der Waals surface area contributed by atoms with Crippen molar-refractivity contribution < 1.29 is 8.83 Å². The van der Waals surface area contributed by atoms with Crippen LogP contribution in [0.4, 0.5) is 17.1 Å². The molecule has 0 aliphatic heterocycles. The van der Waals surface area contributed by atoms with Gasteiger partial charge in [0.1, 0.15) is 22.3 Å². The molecule has 0 aliphatic carbocycles. The number of hydrogen-bond acceptors (Lipinski definition) is 3. The van der Waals surface area contributed by atoms with Crippen molar-refractivity contribution in [2.45, 2.75) is 0 Å². The molecule has 0 saturated carbocycles. The normalized spacial score (nSPS) is 11.7. The molecule has 0 radical (unpaired) electrons. The zero-order chi connectivity index (χ0) is 32.3. The fraction of sp³-hybridized carbons (Fsp3) is 0. The van der Waals surface area contributed by atoms with Crippen molar-refractivity contribution in [1.82, 2.24) is 0 Å². The summed E-state index contributed by atoms with van der Waals surface area (Å²) >= 11 is 0. The Hall–Kier alpha value is -6.58. The zero-order valence-corrected chi connectivity index (χ0v) is 26.5. The monoisotopic (exact) mass is 627 g/mol. The van der Waals surface area contributed by atoms with Crippen LogP contribution in [0.5, 0.6) is 0 Å². The first kappa shape index (κ1) is 27.5. The molecule has 10 aromatic rings. The van der Waals surface area contributed by atoms with E-state index in [1.54, 1.807) is 0 Å². The molecule has 0 atom stereocenters. The smallest absolute Gasteiger partial charge is 0.136 e. The first-order chi connectivity index (χ1) is 24.3. The summed E-state index contributed by atoms with van der Waals surface area (Å²) in [6, 6.07) is 62.2. The molecule has 0 aliphatic rings. The van der Waals surface area contributed by atoms with E-state index in [0.717, 1.165) is 83.2 Å². The van der Waals surface area contributed by atoms with Crippen molar-refractivity contribution in [1.29, 1.82) is 0 Å². The lowest BCUT2D eigenvalue weighted by atomic mass is 9.98. The molecule has 2 aromatic heterocycles. The molecule has 3 heteroatoms. The van der Waals surface area contributed by atoms with Crippen LogP contribution in [0.1, 0.15) is 0 Å². The van der Waals surface area contributed by atoms with Crippen LogP contribution in [0.3, 0.4) is 0 Å². The lowest BCUT2D eigenvalue weighted by Gasteiger charge is -2.29. The lowest BCUT2D eigenvalue weighted by molar-refractivity contribution is 0.668. The third-order valence-corrected chi connectivity index (χ3v) is 9.68. The van der Waals surface area contributed by atoms with Gasteiger partial charge in [0.25, 0.3) is 0 Å². The van der Waals surface area contributed by atoms with E-state index in [-0.39, 0.29) is 0 Å². The van der Waals surface area contributed by atoms with E-state index in [9.17, 15) is 0 Å². The van der Waals surface area contributed by atoms with Gasteiger partial charge in [0, 0.05) is 38.2 Å². The van der Waals surface area contributed by atoms with Crippen LogP contribution < -0.4 is 4.90 Å². The molecule has 0 spiro atoms. The maximum atomic E-state index is 6.22. The number of para-hydroxylation sites is 3. The maximum Gasteiger partial charge on any atom is 0.136 e. The van der Waals surface area contributed by atoms with Crippen LogP contribution >= 0.6 is 0 Å². The summed E-state index contributed by atoms with van der Waals surface area (Å²) in [6.45, 7) is 0. The Morgan fingerprint density at radius 2 is 0.898 bits per heavy atom. The first-order valence-electron chi connectivity index (χ1n) is 16.6. The molecular weight excluding hydrogens is 599 g/mol. The van der Waals surface area contributed by atoms with Gasteiger partial charge in [0.05, 0.1) is 11.4 Å². The van der Waals surface area contributed by atoms with Crippen molar-refractivity contribution in [3.8, 4) is 22.3 Å². The first-order valence-corrected chi connectivity index (χ1v) is 16.6. The van der Waals surface area contributed by atoms with Gasteiger partial charge in [-0.3, -0.25) is 0 Å². The summed E-state index contributed by atoms with van der Waals surface area (Å²) in [5.74, 6) is 0. The van der Waals surface area contributed by atoms with Gasteiger partial charge in [0.15, 0.2) is 0 Å². The minimum atomic E-state index is 0.893. The molecule has 8 aromatic carbocycles. The zero-order valence-electron chi connectivity index (χ0n) is 26.5. The SMILES string of the molecule is c1ccc(N(c2ccc(-c3ccc4c(c3)oc3ccccc34)cc2)c2cccc3ccccc23)c(-c2ccc3oc4ccccc4c3c2)c1. The second-order valence-electron chi connectivity index (χ2n) is 12.5. The van der Waals surface area contributed by atoms with Gasteiger partial charge >= 0.3 is 0 Å². The van der Waals surface area contributed by atoms with Crippen LogP contribution in [0.15, 0.2) is 185 Å². The van der Waals surface area contributed by atoms with Crippen molar-refractivity contribution in [3.63, 3.8) is 0 Å². The van der Waals surface area contributed by atoms with Gasteiger partial charge in [-0.1, -0.05) is 115 Å². The Bertz CT molecular complexity index is 2830. The molecule has 10 rings (SSSR count). The summed E-state index contributed by atoms with van der Waals surface area (Å²) in [5, 5.41) is 6.91. The molecule has 0 N–H and O–H groups in total. The average Bonchev–Trinajstić information content (AvgIpc) is 3.73. The molecule has 230 valence electrons. The largest absolute Gasteiger partial charge is 0.456 e. The van der Waals surface area contributed by atoms with Gasteiger partial charge in [-0.25, -0.2) is 0 Å². The van der Waals surface area contributed by atoms with Gasteiger partial charge in [0.2, 0.25) is 0 Å². The van der Waals surface area contributed by atoms with Crippen LogP contribution in [0, 0.1) is 0 Å². The van der Waals surface area contributed by atoms with E-state index < -0.39 is 0 Å². The highest BCUT2D eigenvalue weighted by molar-refractivity contribution is 6.08. The van der Waals surface area contributed by atoms with Gasteiger partial charge in [-0.05, 0) is 82.7 Å². The minimum Gasteiger partial charge on any atom is -0.456 e. The quantitative estimate of drug-likeness (QED) is 0.190. The highest BCUT2D eigenvalue weighted by Gasteiger charge is 2.20. The summed E-state index contributed by atoms with van der Waals surface area (Å²) in [7, 11) is 0. The molecule has 3 nitrogen and oxygen atoms in total. The van der Waals surface area contributed by atoms with Gasteiger partial charge in [-0.2, -0.15) is 0 Å². The van der Waals surface area contributed by atoms with E-state index in [2.05, 4.69) is 157 Å². The van der Waals surface area contributed by atoms with Gasteiger partial charge in [-0.15, -0.1) is 0 Å². The van der Waals surface area contributed by atoms with E-state index in [1.807, 2.05) is 24.3 Å². The number of fused-ring (bicyclic) bond motifs is 7. The summed E-state index contributed by atoms with van der Waals surface area (Å²) in [5.41, 5.74) is 11.4. The predicted octanol–water partition coefficient (Wildman–Crippen LogP) is 13.4. The maximum absolute atomic E-state index is 6.22. The molecule has 2 heterocycles. The van der Waals surface area contributed by atoms with Crippen molar-refractivity contribution >= 4 is 71.7 Å². The minimum absolute atomic E-state index is 0.893. The lowest BCUT2D eigenvalue weighted by Crippen LogP contribution is -2.11. The third kappa shape index (κ3) is 4.51. The third-order valence-electron chi connectivity index (χ3n) is 9.68. The predicted molar refractivity (Wildman–Crippen MR) is 204 cm³/mol. The molecule has 0 unspecified atom stereocenters. The standard InChI is InChI=1S/C46H29NO2/c1-2-12-35-31(10-1)11-9-17-42(35)47(34-24-20-30(21-25-34)32-22-26-39-37-14-4-7-18-43(37)49-46(39)29-32)41-16-6-3-13-36(41)33-23-27-45-40(28-33)38-15-5-8-19-44(38)48-45/h1-29H. The highest BCUT2D eigenvalue weighted by Crippen LogP contribution is 2.45. The number of benzene rings is 8. The summed E-state index contributed by atoms with van der Waals surface area (Å²) < 4.78 is 12.4. The second kappa shape index (κ2) is 11.0. The van der Waals surface area contributed by atoms with Gasteiger partial charge < -0.3 is 13.7 Å². The molecular formula is C46H29NO2. The van der Waals surface area contributed by atoms with Crippen molar-refractivity contribution in [3.05, 3.63) is 176 Å². The summed E-state index contributed by atoms with van der Waals surface area (Å²) in [4.78, 5) is 2.39. The number of hydrogen-bond donors (Lipinski definition) is 0. The van der Waals surface area contributed by atoms with Crippen LogP contribution in [0.2, 0.25) is 0 Å². The molecule has 0 amide bonds. The van der Waals surface area contributed by atoms with Crippen LogP contribution in [-0.2, 0) is 0 Å². The Kier molecular flexibility index (Phi) is 6.18. The van der Waals surface area contributed by atoms with Crippen molar-refractivity contribution in [2.75, 3.05) is 4.90 Å². The molecule has 0 bridgehead atoms. The topological polar surface area (TPSA) is 29.5 Å².